The number of nitrogens with two attached hydrogens (primary N) is 1. The predicted molar refractivity (Wildman–Crippen MR) is 150 cm³/mol. The minimum Gasteiger partial charge on any atom is -0.497 e. The average molecular weight is 550 g/mol. The van der Waals surface area contributed by atoms with Crippen LogP contribution in [0.15, 0.2) is 88.8 Å². The van der Waals surface area contributed by atoms with Gasteiger partial charge >= 0.3 is 0 Å². The minimum absolute atomic E-state index is 0.0465. The third kappa shape index (κ3) is 5.07. The van der Waals surface area contributed by atoms with Gasteiger partial charge in [0, 0.05) is 27.9 Å². The molecular formula is C29H28ClN3O4S. The van der Waals surface area contributed by atoms with Crippen LogP contribution < -0.4 is 15.2 Å². The number of sulfone groups is 1. The average Bonchev–Trinajstić information content (AvgIpc) is 3.27. The molecule has 0 radical (unpaired) electrons. The van der Waals surface area contributed by atoms with Crippen LogP contribution in [0.4, 0.5) is 0 Å². The molecule has 0 aliphatic rings. The van der Waals surface area contributed by atoms with Crippen molar-refractivity contribution in [1.29, 1.82) is 0 Å². The van der Waals surface area contributed by atoms with Gasteiger partial charge in [-0.1, -0.05) is 60.1 Å². The Labute approximate surface area is 226 Å². The van der Waals surface area contributed by atoms with E-state index in [1.807, 2.05) is 49.4 Å². The topological polar surface area (TPSA) is 96.4 Å². The van der Waals surface area contributed by atoms with Gasteiger partial charge in [-0.15, -0.1) is 0 Å². The highest BCUT2D eigenvalue weighted by Crippen LogP contribution is 2.38. The van der Waals surface area contributed by atoms with Crippen molar-refractivity contribution >= 4 is 43.1 Å². The predicted octanol–water partition coefficient (Wildman–Crippen LogP) is 5.85. The van der Waals surface area contributed by atoms with Crippen molar-refractivity contribution in [3.8, 4) is 11.5 Å². The molecule has 5 rings (SSSR count). The SMILES string of the molecule is COc1cc(OCCC(C)N)c2c(c1)c(S(=O)(=O)c1cccc3ccccc13)nn2Cc1cccc(Cl)c1. The highest BCUT2D eigenvalue weighted by atomic mass is 35.5. The fourth-order valence-electron chi connectivity index (χ4n) is 4.46. The molecule has 0 aliphatic carbocycles. The summed E-state index contributed by atoms with van der Waals surface area (Å²) >= 11 is 6.23. The van der Waals surface area contributed by atoms with Crippen LogP contribution in [0.3, 0.4) is 0 Å². The summed E-state index contributed by atoms with van der Waals surface area (Å²) in [4.78, 5) is 0.187. The third-order valence-electron chi connectivity index (χ3n) is 6.33. The van der Waals surface area contributed by atoms with Crippen molar-refractivity contribution < 1.29 is 17.9 Å². The summed E-state index contributed by atoms with van der Waals surface area (Å²) in [5, 5.41) is 7.06. The Balaban J connectivity index is 1.75. The molecule has 0 amide bonds. The zero-order valence-electron chi connectivity index (χ0n) is 21.1. The van der Waals surface area contributed by atoms with E-state index in [1.165, 1.54) is 7.11 Å². The molecule has 0 fully saturated rings. The Morgan fingerprint density at radius 1 is 1.00 bits per heavy atom. The summed E-state index contributed by atoms with van der Waals surface area (Å²) in [6.45, 7) is 2.55. The van der Waals surface area contributed by atoms with Crippen molar-refractivity contribution in [3.05, 3.63) is 89.4 Å². The van der Waals surface area contributed by atoms with E-state index in [9.17, 15) is 8.42 Å². The molecule has 1 atom stereocenters. The maximum Gasteiger partial charge on any atom is 0.226 e. The summed E-state index contributed by atoms with van der Waals surface area (Å²) in [6, 6.07) is 23.4. The van der Waals surface area contributed by atoms with E-state index in [-0.39, 0.29) is 22.5 Å². The number of benzene rings is 4. The van der Waals surface area contributed by atoms with E-state index in [0.29, 0.717) is 45.8 Å². The lowest BCUT2D eigenvalue weighted by Crippen LogP contribution is -2.18. The van der Waals surface area contributed by atoms with Crippen LogP contribution in [0, 0.1) is 0 Å². The number of fused-ring (bicyclic) bond motifs is 2. The number of hydrogen-bond acceptors (Lipinski definition) is 6. The molecule has 7 nitrogen and oxygen atoms in total. The molecule has 0 aliphatic heterocycles. The molecule has 0 spiro atoms. The van der Waals surface area contributed by atoms with Gasteiger partial charge in [-0.3, -0.25) is 4.68 Å². The molecule has 38 heavy (non-hydrogen) atoms. The number of nitrogens with zero attached hydrogens (tertiary/aromatic N) is 2. The lowest BCUT2D eigenvalue weighted by Gasteiger charge is -2.13. The van der Waals surface area contributed by atoms with E-state index in [2.05, 4.69) is 5.10 Å². The smallest absolute Gasteiger partial charge is 0.226 e. The first-order valence-corrected chi connectivity index (χ1v) is 14.1. The van der Waals surface area contributed by atoms with Gasteiger partial charge in [-0.05, 0) is 48.6 Å². The van der Waals surface area contributed by atoms with Crippen LogP contribution >= 0.6 is 11.6 Å². The van der Waals surface area contributed by atoms with Crippen molar-refractivity contribution in [2.24, 2.45) is 5.73 Å². The fourth-order valence-corrected chi connectivity index (χ4v) is 6.27. The lowest BCUT2D eigenvalue weighted by atomic mass is 10.1. The van der Waals surface area contributed by atoms with Crippen LogP contribution in [-0.4, -0.2) is 38.0 Å². The summed E-state index contributed by atoms with van der Waals surface area (Å²) in [5.41, 5.74) is 7.35. The summed E-state index contributed by atoms with van der Waals surface area (Å²) in [5.74, 6) is 0.930. The van der Waals surface area contributed by atoms with Crippen LogP contribution in [0.25, 0.3) is 21.7 Å². The van der Waals surface area contributed by atoms with Crippen molar-refractivity contribution in [1.82, 2.24) is 9.78 Å². The van der Waals surface area contributed by atoms with Gasteiger partial charge in [0.15, 0.2) is 5.03 Å². The Kier molecular flexibility index (Phi) is 7.29. The molecule has 9 heteroatoms. The van der Waals surface area contributed by atoms with E-state index in [1.54, 1.807) is 41.1 Å². The fraction of sp³-hybridized carbons (Fsp3) is 0.207. The second-order valence-corrected chi connectivity index (χ2v) is 11.5. The number of halogens is 1. The Hall–Kier alpha value is -3.59. The Morgan fingerprint density at radius 3 is 2.53 bits per heavy atom. The van der Waals surface area contributed by atoms with Crippen LogP contribution in [0.2, 0.25) is 5.02 Å². The third-order valence-corrected chi connectivity index (χ3v) is 8.31. The first-order valence-electron chi connectivity index (χ1n) is 12.2. The van der Waals surface area contributed by atoms with Crippen molar-refractivity contribution in [2.75, 3.05) is 13.7 Å². The molecule has 5 aromatic rings. The first kappa shape index (κ1) is 26.0. The van der Waals surface area contributed by atoms with Crippen molar-refractivity contribution in [3.63, 3.8) is 0 Å². The standard InChI is InChI=1S/C29H28ClN3O4S/c1-19(31)13-14-37-26-17-23(36-2)16-25-28(26)33(18-20-7-5-10-22(30)15-20)32-29(25)38(34,35)27-12-6-9-21-8-3-4-11-24(21)27/h3-12,15-17,19H,13-14,18,31H2,1-2H3. The van der Waals surface area contributed by atoms with Crippen LogP contribution in [0.1, 0.15) is 18.9 Å². The van der Waals surface area contributed by atoms with E-state index >= 15 is 0 Å². The number of hydrogen-bond donors (Lipinski definition) is 1. The highest BCUT2D eigenvalue weighted by Gasteiger charge is 2.29. The Morgan fingerprint density at radius 2 is 1.76 bits per heavy atom. The second-order valence-electron chi connectivity index (χ2n) is 9.21. The first-order chi connectivity index (χ1) is 18.3. The maximum atomic E-state index is 14.2. The van der Waals surface area contributed by atoms with Crippen molar-refractivity contribution in [2.45, 2.75) is 35.9 Å². The van der Waals surface area contributed by atoms with Gasteiger partial charge in [-0.25, -0.2) is 8.42 Å². The molecule has 0 bridgehead atoms. The van der Waals surface area contributed by atoms with Gasteiger partial charge in [0.1, 0.15) is 17.0 Å². The van der Waals surface area contributed by atoms with Crippen LogP contribution in [-0.2, 0) is 16.4 Å². The molecule has 4 aromatic carbocycles. The molecule has 1 heterocycles. The summed E-state index contributed by atoms with van der Waals surface area (Å²) < 4.78 is 41.7. The molecule has 1 aromatic heterocycles. The van der Waals surface area contributed by atoms with Gasteiger partial charge in [0.25, 0.3) is 0 Å². The van der Waals surface area contributed by atoms with Gasteiger partial charge < -0.3 is 15.2 Å². The van der Waals surface area contributed by atoms with E-state index in [0.717, 1.165) is 10.9 Å². The minimum atomic E-state index is -4.04. The van der Waals surface area contributed by atoms with Gasteiger partial charge in [-0.2, -0.15) is 5.10 Å². The summed E-state index contributed by atoms with van der Waals surface area (Å²) in [6.07, 6.45) is 0.627. The number of rotatable bonds is 9. The van der Waals surface area contributed by atoms with Gasteiger partial charge in [0.05, 0.1) is 25.2 Å². The van der Waals surface area contributed by atoms with E-state index < -0.39 is 9.84 Å². The zero-order chi connectivity index (χ0) is 26.9. The monoisotopic (exact) mass is 549 g/mol. The molecule has 196 valence electrons. The largest absolute Gasteiger partial charge is 0.497 e. The number of aromatic nitrogens is 2. The Bertz CT molecular complexity index is 1730. The van der Waals surface area contributed by atoms with Crippen LogP contribution in [0.5, 0.6) is 11.5 Å². The molecule has 2 N–H and O–H groups in total. The highest BCUT2D eigenvalue weighted by molar-refractivity contribution is 7.91. The quantitative estimate of drug-likeness (QED) is 0.248. The summed E-state index contributed by atoms with van der Waals surface area (Å²) in [7, 11) is -2.51. The molecule has 0 saturated heterocycles. The van der Waals surface area contributed by atoms with E-state index in [4.69, 9.17) is 26.8 Å². The number of ether oxygens (including phenoxy) is 2. The normalized spacial score (nSPS) is 12.6. The molecular weight excluding hydrogens is 522 g/mol. The maximum absolute atomic E-state index is 14.2. The zero-order valence-corrected chi connectivity index (χ0v) is 22.7. The lowest BCUT2D eigenvalue weighted by molar-refractivity contribution is 0.301. The number of methoxy groups -OCH3 is 1. The second kappa shape index (κ2) is 10.6. The molecule has 0 saturated carbocycles. The van der Waals surface area contributed by atoms with Gasteiger partial charge in [0.2, 0.25) is 9.84 Å². The molecule has 1 unspecified atom stereocenters.